The molecule has 2 aliphatic rings. The number of piperidine rings is 1. The molecular formula is C23H26N4OS. The van der Waals surface area contributed by atoms with Crippen molar-refractivity contribution in [2.24, 2.45) is 0 Å². The van der Waals surface area contributed by atoms with Gasteiger partial charge < -0.3 is 10.2 Å². The number of fused-ring (bicyclic) bond motifs is 3. The number of amides is 1. The largest absolute Gasteiger partial charge is 0.353 e. The van der Waals surface area contributed by atoms with Crippen LogP contribution < -0.4 is 10.2 Å². The average molecular weight is 407 g/mol. The highest BCUT2D eigenvalue weighted by atomic mass is 32.1. The molecule has 0 atom stereocenters. The summed E-state index contributed by atoms with van der Waals surface area (Å²) in [6.45, 7) is 5.45. The topological polar surface area (TPSA) is 58.1 Å². The van der Waals surface area contributed by atoms with E-state index < -0.39 is 0 Å². The van der Waals surface area contributed by atoms with E-state index >= 15 is 0 Å². The maximum absolute atomic E-state index is 11.4. The quantitative estimate of drug-likeness (QED) is 0.706. The number of hydrogen-bond donors (Lipinski definition) is 1. The summed E-state index contributed by atoms with van der Waals surface area (Å²) in [5.41, 5.74) is 4.98. The molecule has 1 aromatic carbocycles. The van der Waals surface area contributed by atoms with Crippen molar-refractivity contribution in [3.05, 3.63) is 40.3 Å². The summed E-state index contributed by atoms with van der Waals surface area (Å²) in [7, 11) is 0. The molecule has 3 aromatic rings. The Morgan fingerprint density at radius 3 is 2.62 bits per heavy atom. The molecule has 5 nitrogen and oxygen atoms in total. The molecule has 1 aliphatic heterocycles. The predicted molar refractivity (Wildman–Crippen MR) is 119 cm³/mol. The second kappa shape index (κ2) is 7.41. The molecule has 1 N–H and O–H groups in total. The number of carbonyl (C=O) groups excluding carboxylic acids is 1. The number of thiophene rings is 1. The number of benzene rings is 1. The summed E-state index contributed by atoms with van der Waals surface area (Å²) in [5, 5.41) is 4.31. The number of aromatic nitrogens is 2. The molecule has 6 heteroatoms. The lowest BCUT2D eigenvalue weighted by Gasteiger charge is -2.32. The third-order valence-corrected chi connectivity index (χ3v) is 7.25. The molecule has 3 heterocycles. The molecule has 2 aromatic heterocycles. The summed E-state index contributed by atoms with van der Waals surface area (Å²) in [6, 6.07) is 8.95. The first-order valence-corrected chi connectivity index (χ1v) is 11.3. The first-order chi connectivity index (χ1) is 14.1. The fourth-order valence-corrected chi connectivity index (χ4v) is 5.81. The normalized spacial score (nSPS) is 17.0. The van der Waals surface area contributed by atoms with Gasteiger partial charge in [0.05, 0.1) is 5.69 Å². The minimum atomic E-state index is 0.0517. The molecule has 0 spiro atoms. The van der Waals surface area contributed by atoms with E-state index in [-0.39, 0.29) is 11.9 Å². The highest BCUT2D eigenvalue weighted by Gasteiger charge is 2.26. The van der Waals surface area contributed by atoms with Gasteiger partial charge in [0, 0.05) is 41.9 Å². The lowest BCUT2D eigenvalue weighted by Crippen LogP contribution is -2.44. The van der Waals surface area contributed by atoms with Gasteiger partial charge in [0.15, 0.2) is 0 Å². The Morgan fingerprint density at radius 2 is 1.90 bits per heavy atom. The Balaban J connectivity index is 1.54. The lowest BCUT2D eigenvalue weighted by atomic mass is 10.0. The van der Waals surface area contributed by atoms with Gasteiger partial charge in [0.25, 0.3) is 0 Å². The first kappa shape index (κ1) is 18.6. The monoisotopic (exact) mass is 406 g/mol. The van der Waals surface area contributed by atoms with Crippen molar-refractivity contribution in [1.29, 1.82) is 0 Å². The number of nitrogens with zero attached hydrogens (tertiary/aromatic N) is 3. The van der Waals surface area contributed by atoms with Crippen LogP contribution in [0.3, 0.4) is 0 Å². The molecule has 0 unspecified atom stereocenters. The summed E-state index contributed by atoms with van der Waals surface area (Å²) in [6.07, 6.45) is 5.41. The van der Waals surface area contributed by atoms with Crippen LogP contribution in [0.2, 0.25) is 0 Å². The van der Waals surface area contributed by atoms with Gasteiger partial charge in [-0.15, -0.1) is 11.3 Å². The third-order valence-electron chi connectivity index (χ3n) is 6.06. The summed E-state index contributed by atoms with van der Waals surface area (Å²) in [4.78, 5) is 26.3. The molecule has 29 heavy (non-hydrogen) atoms. The van der Waals surface area contributed by atoms with E-state index in [1.54, 1.807) is 6.92 Å². The number of rotatable bonds is 3. The Kier molecular flexibility index (Phi) is 4.74. The van der Waals surface area contributed by atoms with Gasteiger partial charge >= 0.3 is 0 Å². The molecule has 1 amide bonds. The van der Waals surface area contributed by atoms with Gasteiger partial charge in [-0.05, 0) is 44.6 Å². The van der Waals surface area contributed by atoms with Gasteiger partial charge in [-0.3, -0.25) is 4.79 Å². The van der Waals surface area contributed by atoms with E-state index in [4.69, 9.17) is 9.97 Å². The van der Waals surface area contributed by atoms with Gasteiger partial charge in [0.2, 0.25) is 11.9 Å². The van der Waals surface area contributed by atoms with Gasteiger partial charge in [0.1, 0.15) is 4.83 Å². The van der Waals surface area contributed by atoms with E-state index in [1.165, 1.54) is 39.8 Å². The van der Waals surface area contributed by atoms with Gasteiger partial charge in [-0.2, -0.15) is 0 Å². The number of carbonyl (C=O) groups is 1. The van der Waals surface area contributed by atoms with E-state index in [0.29, 0.717) is 0 Å². The number of hydrogen-bond acceptors (Lipinski definition) is 5. The fraction of sp³-hybridized carbons (Fsp3) is 0.435. The van der Waals surface area contributed by atoms with Crippen molar-refractivity contribution in [2.75, 3.05) is 18.0 Å². The maximum atomic E-state index is 11.4. The Bertz CT molecular complexity index is 1060. The zero-order valence-corrected chi connectivity index (χ0v) is 17.8. The summed E-state index contributed by atoms with van der Waals surface area (Å²) >= 11 is 1.85. The van der Waals surface area contributed by atoms with Crippen LogP contribution in [0.5, 0.6) is 0 Å². The summed E-state index contributed by atoms with van der Waals surface area (Å²) < 4.78 is 0. The van der Waals surface area contributed by atoms with E-state index in [1.807, 2.05) is 11.3 Å². The van der Waals surface area contributed by atoms with Gasteiger partial charge in [-0.1, -0.05) is 29.8 Å². The lowest BCUT2D eigenvalue weighted by molar-refractivity contribution is -0.119. The molecular weight excluding hydrogens is 380 g/mol. The van der Waals surface area contributed by atoms with Crippen molar-refractivity contribution in [1.82, 2.24) is 15.3 Å². The van der Waals surface area contributed by atoms with Crippen LogP contribution in [0.4, 0.5) is 5.95 Å². The van der Waals surface area contributed by atoms with E-state index in [2.05, 4.69) is 41.4 Å². The Labute approximate surface area is 175 Å². The molecule has 1 saturated heterocycles. The zero-order valence-electron chi connectivity index (χ0n) is 17.0. The third kappa shape index (κ3) is 3.50. The van der Waals surface area contributed by atoms with Crippen LogP contribution in [-0.4, -0.2) is 35.0 Å². The second-order valence-corrected chi connectivity index (χ2v) is 9.32. The smallest absolute Gasteiger partial charge is 0.227 e. The number of anilines is 1. The van der Waals surface area contributed by atoms with Crippen LogP contribution in [0.15, 0.2) is 24.3 Å². The highest BCUT2D eigenvalue weighted by molar-refractivity contribution is 7.19. The molecule has 0 radical (unpaired) electrons. The van der Waals surface area contributed by atoms with Gasteiger partial charge in [-0.25, -0.2) is 9.97 Å². The van der Waals surface area contributed by atoms with Crippen molar-refractivity contribution in [2.45, 2.75) is 52.0 Å². The van der Waals surface area contributed by atoms with Crippen LogP contribution in [0.1, 0.15) is 42.2 Å². The van der Waals surface area contributed by atoms with Crippen molar-refractivity contribution in [3.8, 4) is 11.3 Å². The fourth-order valence-electron chi connectivity index (χ4n) is 4.56. The van der Waals surface area contributed by atoms with Crippen molar-refractivity contribution < 1.29 is 4.79 Å². The number of aryl methyl sites for hydroxylation is 3. The summed E-state index contributed by atoms with van der Waals surface area (Å²) in [5.74, 6) is 0.880. The molecule has 5 rings (SSSR count). The van der Waals surface area contributed by atoms with Crippen LogP contribution in [-0.2, 0) is 17.6 Å². The van der Waals surface area contributed by atoms with Crippen molar-refractivity contribution >= 4 is 33.4 Å². The molecule has 1 fully saturated rings. The Morgan fingerprint density at radius 1 is 1.14 bits per heavy atom. The SMILES string of the molecule is CC(=O)NC1CCN(c2nc(-c3ccc(C)cc3)c3c4c(sc3n2)CCC4)CC1. The first-order valence-electron chi connectivity index (χ1n) is 10.5. The Hall–Kier alpha value is -2.47. The highest BCUT2D eigenvalue weighted by Crippen LogP contribution is 2.41. The van der Waals surface area contributed by atoms with Crippen LogP contribution in [0, 0.1) is 6.92 Å². The molecule has 0 saturated carbocycles. The zero-order chi connectivity index (χ0) is 20.0. The molecule has 150 valence electrons. The minimum absolute atomic E-state index is 0.0517. The minimum Gasteiger partial charge on any atom is -0.353 e. The second-order valence-electron chi connectivity index (χ2n) is 8.24. The molecule has 1 aliphatic carbocycles. The van der Waals surface area contributed by atoms with Crippen LogP contribution in [0.25, 0.3) is 21.5 Å². The predicted octanol–water partition coefficient (Wildman–Crippen LogP) is 4.26. The van der Waals surface area contributed by atoms with Crippen LogP contribution >= 0.6 is 11.3 Å². The molecule has 0 bridgehead atoms. The number of nitrogens with one attached hydrogen (secondary N) is 1. The van der Waals surface area contributed by atoms with E-state index in [0.717, 1.165) is 48.8 Å². The maximum Gasteiger partial charge on any atom is 0.227 e. The standard InChI is InChI=1S/C23H26N4OS/c1-14-6-8-16(9-7-14)21-20-18-4-3-5-19(18)29-22(20)26-23(25-21)27-12-10-17(11-13-27)24-15(2)28/h6-9,17H,3-5,10-13H2,1-2H3,(H,24,28). The van der Waals surface area contributed by atoms with E-state index in [9.17, 15) is 4.79 Å². The average Bonchev–Trinajstić information content (AvgIpc) is 3.29. The van der Waals surface area contributed by atoms with Crippen molar-refractivity contribution in [3.63, 3.8) is 0 Å².